The van der Waals surface area contributed by atoms with E-state index in [2.05, 4.69) is 15.6 Å². The van der Waals surface area contributed by atoms with Gasteiger partial charge in [0.15, 0.2) is 5.69 Å². The van der Waals surface area contributed by atoms with Gasteiger partial charge in [-0.1, -0.05) is 19.1 Å². The summed E-state index contributed by atoms with van der Waals surface area (Å²) >= 11 is 0. The van der Waals surface area contributed by atoms with Gasteiger partial charge in [-0.05, 0) is 36.6 Å². The van der Waals surface area contributed by atoms with Gasteiger partial charge < -0.3 is 10.4 Å². The van der Waals surface area contributed by atoms with Gasteiger partial charge in [0.05, 0.1) is 24.5 Å². The Kier molecular flexibility index (Phi) is 5.21. The minimum Gasteiger partial charge on any atom is -0.394 e. The summed E-state index contributed by atoms with van der Waals surface area (Å²) in [6.45, 7) is 3.90. The van der Waals surface area contributed by atoms with Crippen molar-refractivity contribution >= 4 is 5.91 Å². The predicted octanol–water partition coefficient (Wildman–Crippen LogP) is 1.54. The van der Waals surface area contributed by atoms with Crippen LogP contribution in [0.5, 0.6) is 0 Å². The molecule has 1 amide bonds. The molecule has 0 saturated heterocycles. The molecule has 6 nitrogen and oxygen atoms in total. The van der Waals surface area contributed by atoms with E-state index in [1.165, 1.54) is 23.0 Å². The van der Waals surface area contributed by atoms with Gasteiger partial charge in [-0.2, -0.15) is 0 Å². The highest BCUT2D eigenvalue weighted by molar-refractivity contribution is 5.92. The van der Waals surface area contributed by atoms with Crippen LogP contribution in [-0.4, -0.2) is 38.7 Å². The van der Waals surface area contributed by atoms with Gasteiger partial charge in [0.2, 0.25) is 0 Å². The molecule has 0 aliphatic rings. The molecule has 2 rings (SSSR count). The predicted molar refractivity (Wildman–Crippen MR) is 79.1 cm³/mol. The zero-order valence-electron chi connectivity index (χ0n) is 12.5. The Bertz CT molecular complexity index is 625. The lowest BCUT2D eigenvalue weighted by Gasteiger charge is -2.17. The standard InChI is InChI=1S/C15H19FN4O2/c1-10(2)7-12(9-21)17-15(22)14-8-20(19-18-14)13-5-3-11(16)4-6-13/h3-6,8,10,12,21H,7,9H2,1-2H3,(H,17,22). The number of nitrogens with one attached hydrogen (secondary N) is 1. The van der Waals surface area contributed by atoms with Crippen LogP contribution < -0.4 is 5.32 Å². The van der Waals surface area contributed by atoms with Crippen molar-refractivity contribution < 1.29 is 14.3 Å². The van der Waals surface area contributed by atoms with Crippen LogP contribution in [0.2, 0.25) is 0 Å². The normalized spacial score (nSPS) is 12.4. The summed E-state index contributed by atoms with van der Waals surface area (Å²) in [5, 5.41) is 19.7. The van der Waals surface area contributed by atoms with Crippen LogP contribution in [0.4, 0.5) is 4.39 Å². The molecule has 1 atom stereocenters. The smallest absolute Gasteiger partial charge is 0.273 e. The van der Waals surface area contributed by atoms with E-state index in [9.17, 15) is 14.3 Å². The Labute approximate surface area is 128 Å². The molecule has 118 valence electrons. The number of hydrogen-bond donors (Lipinski definition) is 2. The second kappa shape index (κ2) is 7.13. The molecule has 0 aliphatic carbocycles. The number of aromatic nitrogens is 3. The lowest BCUT2D eigenvalue weighted by atomic mass is 10.0. The number of rotatable bonds is 6. The average molecular weight is 306 g/mol. The molecular formula is C15H19FN4O2. The zero-order chi connectivity index (χ0) is 16.1. The topological polar surface area (TPSA) is 80.0 Å². The van der Waals surface area contributed by atoms with Crippen molar-refractivity contribution in [2.45, 2.75) is 26.3 Å². The van der Waals surface area contributed by atoms with Crippen molar-refractivity contribution in [3.63, 3.8) is 0 Å². The summed E-state index contributed by atoms with van der Waals surface area (Å²) in [6, 6.07) is 5.38. The molecule has 0 aliphatic heterocycles. The van der Waals surface area contributed by atoms with Crippen LogP contribution in [0.15, 0.2) is 30.5 Å². The fraction of sp³-hybridized carbons (Fsp3) is 0.400. The maximum Gasteiger partial charge on any atom is 0.273 e. The van der Waals surface area contributed by atoms with Crippen molar-refractivity contribution in [2.75, 3.05) is 6.61 Å². The first kappa shape index (κ1) is 16.1. The molecule has 1 aromatic carbocycles. The van der Waals surface area contributed by atoms with E-state index in [1.54, 1.807) is 12.1 Å². The number of halogens is 1. The number of hydrogen-bond acceptors (Lipinski definition) is 4. The summed E-state index contributed by atoms with van der Waals surface area (Å²) in [4.78, 5) is 12.1. The number of carbonyl (C=O) groups is 1. The van der Waals surface area contributed by atoms with Gasteiger partial charge in [-0.25, -0.2) is 9.07 Å². The van der Waals surface area contributed by atoms with Crippen molar-refractivity contribution in [2.24, 2.45) is 5.92 Å². The molecule has 2 aromatic rings. The Morgan fingerprint density at radius 1 is 1.36 bits per heavy atom. The summed E-state index contributed by atoms with van der Waals surface area (Å²) in [5.41, 5.74) is 0.750. The minimum atomic E-state index is -0.395. The quantitative estimate of drug-likeness (QED) is 0.848. The highest BCUT2D eigenvalue weighted by Crippen LogP contribution is 2.09. The lowest BCUT2D eigenvalue weighted by molar-refractivity contribution is 0.0903. The number of benzene rings is 1. The Morgan fingerprint density at radius 3 is 2.64 bits per heavy atom. The molecule has 0 spiro atoms. The Morgan fingerprint density at radius 2 is 2.05 bits per heavy atom. The number of nitrogens with zero attached hydrogens (tertiary/aromatic N) is 3. The maximum absolute atomic E-state index is 12.9. The first-order valence-corrected chi connectivity index (χ1v) is 7.09. The fourth-order valence-corrected chi connectivity index (χ4v) is 2.10. The Hall–Kier alpha value is -2.28. The zero-order valence-corrected chi connectivity index (χ0v) is 12.5. The first-order chi connectivity index (χ1) is 10.5. The molecular weight excluding hydrogens is 287 g/mol. The third kappa shape index (κ3) is 4.11. The molecule has 0 saturated carbocycles. The second-order valence-electron chi connectivity index (χ2n) is 5.51. The van der Waals surface area contributed by atoms with Crippen LogP contribution in [0.3, 0.4) is 0 Å². The van der Waals surface area contributed by atoms with E-state index in [0.717, 1.165) is 0 Å². The molecule has 0 radical (unpaired) electrons. The van der Waals surface area contributed by atoms with Gasteiger partial charge in [-0.3, -0.25) is 4.79 Å². The van der Waals surface area contributed by atoms with Gasteiger partial charge in [-0.15, -0.1) is 5.10 Å². The van der Waals surface area contributed by atoms with Gasteiger partial charge in [0.1, 0.15) is 5.82 Å². The largest absolute Gasteiger partial charge is 0.394 e. The van der Waals surface area contributed by atoms with E-state index >= 15 is 0 Å². The monoisotopic (exact) mass is 306 g/mol. The van der Waals surface area contributed by atoms with Crippen molar-refractivity contribution in [3.8, 4) is 5.69 Å². The summed E-state index contributed by atoms with van der Waals surface area (Å²) in [6.07, 6.45) is 2.14. The average Bonchev–Trinajstić information content (AvgIpc) is 2.96. The molecule has 2 N–H and O–H groups in total. The number of aliphatic hydroxyl groups excluding tert-OH is 1. The van der Waals surface area contributed by atoms with E-state index in [1.807, 2.05) is 13.8 Å². The third-order valence-electron chi connectivity index (χ3n) is 3.13. The van der Waals surface area contributed by atoms with Crippen LogP contribution in [0, 0.1) is 11.7 Å². The van der Waals surface area contributed by atoms with Gasteiger partial charge >= 0.3 is 0 Å². The molecule has 1 aromatic heterocycles. The number of aliphatic hydroxyl groups is 1. The van der Waals surface area contributed by atoms with Gasteiger partial charge in [0.25, 0.3) is 5.91 Å². The molecule has 1 heterocycles. The Balaban J connectivity index is 2.07. The van der Waals surface area contributed by atoms with E-state index < -0.39 is 5.91 Å². The number of amides is 1. The molecule has 22 heavy (non-hydrogen) atoms. The first-order valence-electron chi connectivity index (χ1n) is 7.09. The molecule has 0 fully saturated rings. The van der Waals surface area contributed by atoms with Crippen molar-refractivity contribution in [1.82, 2.24) is 20.3 Å². The summed E-state index contributed by atoms with van der Waals surface area (Å²) < 4.78 is 14.3. The number of carbonyl (C=O) groups excluding carboxylic acids is 1. The highest BCUT2D eigenvalue weighted by atomic mass is 19.1. The minimum absolute atomic E-state index is 0.129. The van der Waals surface area contributed by atoms with E-state index in [4.69, 9.17) is 0 Å². The highest BCUT2D eigenvalue weighted by Gasteiger charge is 2.17. The maximum atomic E-state index is 12.9. The van der Waals surface area contributed by atoms with E-state index in [-0.39, 0.29) is 24.2 Å². The van der Waals surface area contributed by atoms with Crippen LogP contribution in [0.25, 0.3) is 5.69 Å². The van der Waals surface area contributed by atoms with Crippen LogP contribution in [0.1, 0.15) is 30.8 Å². The summed E-state index contributed by atoms with van der Waals surface area (Å²) in [7, 11) is 0. The molecule has 0 bridgehead atoms. The van der Waals surface area contributed by atoms with Crippen molar-refractivity contribution in [3.05, 3.63) is 42.0 Å². The van der Waals surface area contributed by atoms with Crippen LogP contribution in [-0.2, 0) is 0 Å². The van der Waals surface area contributed by atoms with Gasteiger partial charge in [0, 0.05) is 0 Å². The molecule has 7 heteroatoms. The SMILES string of the molecule is CC(C)CC(CO)NC(=O)c1cn(-c2ccc(F)cc2)nn1. The van der Waals surface area contributed by atoms with Crippen LogP contribution >= 0.6 is 0 Å². The fourth-order valence-electron chi connectivity index (χ4n) is 2.10. The van der Waals surface area contributed by atoms with E-state index in [0.29, 0.717) is 18.0 Å². The lowest BCUT2D eigenvalue weighted by Crippen LogP contribution is -2.38. The summed E-state index contributed by atoms with van der Waals surface area (Å²) in [5.74, 6) is -0.387. The van der Waals surface area contributed by atoms with Crippen molar-refractivity contribution in [1.29, 1.82) is 0 Å². The third-order valence-corrected chi connectivity index (χ3v) is 3.13. The second-order valence-corrected chi connectivity index (χ2v) is 5.51. The molecule has 1 unspecified atom stereocenters.